The summed E-state index contributed by atoms with van der Waals surface area (Å²) in [6, 6.07) is 65.9. The molecule has 12 aromatic rings. The van der Waals surface area contributed by atoms with Crippen molar-refractivity contribution in [3.05, 3.63) is 188 Å². The van der Waals surface area contributed by atoms with E-state index in [0.29, 0.717) is 17.5 Å². The summed E-state index contributed by atoms with van der Waals surface area (Å²) in [6.07, 6.45) is 0. The van der Waals surface area contributed by atoms with Crippen molar-refractivity contribution in [3.8, 4) is 56.7 Å². The van der Waals surface area contributed by atoms with Crippen LogP contribution in [0.2, 0.25) is 0 Å². The number of para-hydroxylation sites is 5. The first-order chi connectivity index (χ1) is 29.7. The Kier molecular flexibility index (Phi) is 7.14. The molecule has 60 heavy (non-hydrogen) atoms. The third-order valence-electron chi connectivity index (χ3n) is 11.8. The highest BCUT2D eigenvalue weighted by Crippen LogP contribution is 2.50. The molecule has 0 atom stereocenters. The maximum absolute atomic E-state index is 6.44. The summed E-state index contributed by atoms with van der Waals surface area (Å²) in [7, 11) is 0. The minimum absolute atomic E-state index is 0.606. The van der Waals surface area contributed by atoms with Gasteiger partial charge in [-0.15, -0.1) is 0 Å². The average Bonchev–Trinajstić information content (AvgIpc) is 3.98. The van der Waals surface area contributed by atoms with Gasteiger partial charge in [-0.1, -0.05) is 145 Å². The molecule has 0 saturated carbocycles. The van der Waals surface area contributed by atoms with Crippen LogP contribution in [0.4, 0.5) is 0 Å². The lowest BCUT2D eigenvalue weighted by atomic mass is 10.00. The van der Waals surface area contributed by atoms with Crippen molar-refractivity contribution >= 4 is 66.5 Å². The van der Waals surface area contributed by atoms with E-state index in [1.54, 1.807) is 11.8 Å². The lowest BCUT2D eigenvalue weighted by Crippen LogP contribution is -2.06. The molecule has 0 bridgehead atoms. The molecule has 0 amide bonds. The van der Waals surface area contributed by atoms with Crippen LogP contribution >= 0.6 is 11.8 Å². The van der Waals surface area contributed by atoms with Crippen LogP contribution in [0, 0.1) is 0 Å². The number of hydrogen-bond acceptors (Lipinski definition) is 5. The Morgan fingerprint density at radius 2 is 1.07 bits per heavy atom. The summed E-state index contributed by atoms with van der Waals surface area (Å²) < 4.78 is 11.3. The lowest BCUT2D eigenvalue weighted by molar-refractivity contribution is 0.670. The molecule has 6 nitrogen and oxygen atoms in total. The van der Waals surface area contributed by atoms with Gasteiger partial charge in [0.05, 0.1) is 16.7 Å². The predicted molar refractivity (Wildman–Crippen MR) is 244 cm³/mol. The second kappa shape index (κ2) is 12.9. The first-order valence-corrected chi connectivity index (χ1v) is 20.8. The van der Waals surface area contributed by atoms with Crippen LogP contribution in [0.3, 0.4) is 0 Å². The first-order valence-electron chi connectivity index (χ1n) is 20.0. The van der Waals surface area contributed by atoms with Crippen LogP contribution in [0.5, 0.6) is 0 Å². The van der Waals surface area contributed by atoms with E-state index in [-0.39, 0.29) is 0 Å². The molecule has 1 aliphatic rings. The van der Waals surface area contributed by atoms with Gasteiger partial charge in [0.1, 0.15) is 16.8 Å². The van der Waals surface area contributed by atoms with E-state index in [1.165, 1.54) is 32.1 Å². The van der Waals surface area contributed by atoms with Crippen molar-refractivity contribution in [2.45, 2.75) is 9.79 Å². The van der Waals surface area contributed by atoms with Gasteiger partial charge < -0.3 is 4.42 Å². The van der Waals surface area contributed by atoms with Crippen molar-refractivity contribution < 1.29 is 4.42 Å². The smallest absolute Gasteiger partial charge is 0.164 e. The molecule has 0 unspecified atom stereocenters. The average molecular weight is 786 g/mol. The van der Waals surface area contributed by atoms with Gasteiger partial charge in [0.25, 0.3) is 0 Å². The topological polar surface area (TPSA) is 61.7 Å². The maximum atomic E-state index is 6.44. The fourth-order valence-corrected chi connectivity index (χ4v) is 10.2. The molecule has 7 heteroatoms. The molecule has 0 fully saturated rings. The van der Waals surface area contributed by atoms with Crippen molar-refractivity contribution in [1.82, 2.24) is 24.1 Å². The van der Waals surface area contributed by atoms with E-state index < -0.39 is 0 Å². The molecule has 0 spiro atoms. The number of aromatic nitrogens is 5. The Morgan fingerprint density at radius 1 is 0.433 bits per heavy atom. The van der Waals surface area contributed by atoms with E-state index in [2.05, 4.69) is 167 Å². The predicted octanol–water partition coefficient (Wildman–Crippen LogP) is 13.9. The van der Waals surface area contributed by atoms with Gasteiger partial charge in [0.15, 0.2) is 17.5 Å². The monoisotopic (exact) mass is 785 g/mol. The third-order valence-corrected chi connectivity index (χ3v) is 12.8. The number of hydrogen-bond donors (Lipinski definition) is 0. The minimum Gasteiger partial charge on any atom is -0.455 e. The van der Waals surface area contributed by atoms with Crippen molar-refractivity contribution in [1.29, 1.82) is 0 Å². The molecule has 0 aliphatic carbocycles. The summed E-state index contributed by atoms with van der Waals surface area (Å²) in [5, 5.41) is 5.96. The largest absolute Gasteiger partial charge is 0.455 e. The van der Waals surface area contributed by atoms with Gasteiger partial charge in [-0.3, -0.25) is 9.13 Å². The molecule has 8 aromatic carbocycles. The van der Waals surface area contributed by atoms with Gasteiger partial charge in [0, 0.05) is 64.7 Å². The fraction of sp³-hybridized carbons (Fsp3) is 0. The summed E-state index contributed by atoms with van der Waals surface area (Å²) in [6.45, 7) is 0. The quantitative estimate of drug-likeness (QED) is 0.174. The fourth-order valence-electron chi connectivity index (χ4n) is 9.11. The van der Waals surface area contributed by atoms with Crippen LogP contribution in [0.15, 0.2) is 202 Å². The van der Waals surface area contributed by atoms with E-state index >= 15 is 0 Å². The number of benzene rings is 8. The van der Waals surface area contributed by atoms with Gasteiger partial charge in [-0.05, 0) is 60.2 Å². The second-order valence-corrected chi connectivity index (χ2v) is 16.3. The Hall–Kier alpha value is -7.74. The van der Waals surface area contributed by atoms with E-state index in [1.807, 2.05) is 30.3 Å². The maximum Gasteiger partial charge on any atom is 0.164 e. The van der Waals surface area contributed by atoms with Crippen LogP contribution in [-0.4, -0.2) is 24.1 Å². The summed E-state index contributed by atoms with van der Waals surface area (Å²) >= 11 is 1.80. The SMILES string of the molecule is c1ccc(-c2nc(-c3cccc(-c4cccc5c4oc4ccccc45)c3)nc(-c3ccc4c(c3)Sc3cccc5c6c7ccccc7n(-c7ccccc7)c6n-4c35)n2)cc1. The Morgan fingerprint density at radius 3 is 1.92 bits per heavy atom. The zero-order valence-corrected chi connectivity index (χ0v) is 32.8. The summed E-state index contributed by atoms with van der Waals surface area (Å²) in [4.78, 5) is 17.8. The second-order valence-electron chi connectivity index (χ2n) is 15.2. The third kappa shape index (κ3) is 4.93. The molecule has 0 radical (unpaired) electrons. The van der Waals surface area contributed by atoms with Crippen LogP contribution in [0.25, 0.3) is 111 Å². The van der Waals surface area contributed by atoms with E-state index in [4.69, 9.17) is 19.4 Å². The number of rotatable bonds is 5. The van der Waals surface area contributed by atoms with Gasteiger partial charge in [-0.25, -0.2) is 15.0 Å². The van der Waals surface area contributed by atoms with Crippen molar-refractivity contribution in [2.75, 3.05) is 0 Å². The van der Waals surface area contributed by atoms with Crippen LogP contribution < -0.4 is 0 Å². The molecular formula is C53H31N5OS. The van der Waals surface area contributed by atoms with E-state index in [0.717, 1.165) is 71.7 Å². The minimum atomic E-state index is 0.606. The zero-order chi connectivity index (χ0) is 39.3. The highest BCUT2D eigenvalue weighted by molar-refractivity contribution is 7.99. The number of nitrogens with zero attached hydrogens (tertiary/aromatic N) is 5. The van der Waals surface area contributed by atoms with Crippen LogP contribution in [-0.2, 0) is 0 Å². The van der Waals surface area contributed by atoms with E-state index in [9.17, 15) is 0 Å². The molecule has 5 heterocycles. The zero-order valence-electron chi connectivity index (χ0n) is 32.0. The molecule has 4 aromatic heterocycles. The van der Waals surface area contributed by atoms with Crippen LogP contribution in [0.1, 0.15) is 0 Å². The Labute approximate surface area is 348 Å². The Balaban J connectivity index is 0.990. The molecule has 280 valence electrons. The van der Waals surface area contributed by atoms with Gasteiger partial charge in [0.2, 0.25) is 0 Å². The standard InChI is InChI=1S/C53H31N5OS/c1-3-14-32(15-4-1)50-54-51(34-17-11-16-33(30-34)37-22-12-23-39-38-20-8-10-26-44(38)59-49(37)39)56-52(55-50)35-28-29-43-46(31-35)60-45-27-13-24-41-47-40-21-7-9-25-42(40)57(36-18-5-2-6-19-36)53(47)58(43)48(41)45/h1-31H. The Bertz CT molecular complexity index is 3700. The normalized spacial score (nSPS) is 12.3. The molecule has 0 N–H and O–H groups in total. The van der Waals surface area contributed by atoms with Gasteiger partial charge >= 0.3 is 0 Å². The van der Waals surface area contributed by atoms with Crippen molar-refractivity contribution in [2.24, 2.45) is 0 Å². The molecule has 1 aliphatic heterocycles. The first kappa shape index (κ1) is 33.3. The lowest BCUT2D eigenvalue weighted by Gasteiger charge is -2.22. The number of fused-ring (bicyclic) bond motifs is 10. The van der Waals surface area contributed by atoms with Gasteiger partial charge in [-0.2, -0.15) is 0 Å². The summed E-state index contributed by atoms with van der Waals surface area (Å²) in [5.74, 6) is 1.85. The number of furan rings is 1. The molecule has 0 saturated heterocycles. The highest BCUT2D eigenvalue weighted by Gasteiger charge is 2.28. The highest BCUT2D eigenvalue weighted by atomic mass is 32.2. The van der Waals surface area contributed by atoms with Crippen molar-refractivity contribution in [3.63, 3.8) is 0 Å². The molecular weight excluding hydrogens is 755 g/mol. The summed E-state index contributed by atoms with van der Waals surface area (Å²) in [5.41, 5.74) is 12.4. The molecule has 13 rings (SSSR count).